The van der Waals surface area contributed by atoms with Gasteiger partial charge in [0, 0.05) is 29.7 Å². The summed E-state index contributed by atoms with van der Waals surface area (Å²) in [6, 6.07) is 14.0. The van der Waals surface area contributed by atoms with Crippen molar-refractivity contribution in [1.82, 2.24) is 9.55 Å². The van der Waals surface area contributed by atoms with Gasteiger partial charge in [0.2, 0.25) is 0 Å². The summed E-state index contributed by atoms with van der Waals surface area (Å²) in [5, 5.41) is 20.3. The van der Waals surface area contributed by atoms with E-state index >= 15 is 0 Å². The molecule has 2 aromatic heterocycles. The number of benzene rings is 1. The summed E-state index contributed by atoms with van der Waals surface area (Å²) < 4.78 is 2.07. The van der Waals surface area contributed by atoms with Gasteiger partial charge in [0.25, 0.3) is 5.69 Å². The van der Waals surface area contributed by atoms with Crippen LogP contribution in [0.15, 0.2) is 54.9 Å². The number of rotatable bonds is 4. The van der Waals surface area contributed by atoms with Crippen LogP contribution in [0, 0.1) is 35.3 Å². The van der Waals surface area contributed by atoms with E-state index in [1.807, 2.05) is 32.0 Å². The van der Waals surface area contributed by atoms with E-state index in [2.05, 4.69) is 15.6 Å². The molecule has 0 N–H and O–H groups in total. The zero-order valence-corrected chi connectivity index (χ0v) is 14.4. The molecule has 0 radical (unpaired) electrons. The van der Waals surface area contributed by atoms with Gasteiger partial charge in [-0.3, -0.25) is 15.1 Å². The zero-order chi connectivity index (χ0) is 18.7. The maximum absolute atomic E-state index is 10.8. The van der Waals surface area contributed by atoms with E-state index in [-0.39, 0.29) is 5.69 Å². The molecule has 6 nitrogen and oxygen atoms in total. The Balaban J connectivity index is 2.03. The van der Waals surface area contributed by atoms with Gasteiger partial charge >= 0.3 is 0 Å². The van der Waals surface area contributed by atoms with Gasteiger partial charge in [-0.15, -0.1) is 0 Å². The smallest absolute Gasteiger partial charge is 0.269 e. The van der Waals surface area contributed by atoms with Crippen molar-refractivity contribution in [2.24, 2.45) is 0 Å². The highest BCUT2D eigenvalue weighted by Crippen LogP contribution is 2.26. The summed E-state index contributed by atoms with van der Waals surface area (Å²) in [4.78, 5) is 14.5. The lowest BCUT2D eigenvalue weighted by atomic mass is 10.0. The largest absolute Gasteiger partial charge is 0.316 e. The first-order valence-corrected chi connectivity index (χ1v) is 7.97. The average molecular weight is 344 g/mol. The number of nitrogens with zero attached hydrogens (tertiary/aromatic N) is 4. The number of hydrogen-bond donors (Lipinski definition) is 0. The van der Waals surface area contributed by atoms with E-state index in [0.717, 1.165) is 22.6 Å². The van der Waals surface area contributed by atoms with Gasteiger partial charge in [-0.25, -0.2) is 0 Å². The molecule has 6 heteroatoms. The summed E-state index contributed by atoms with van der Waals surface area (Å²) >= 11 is 0. The third kappa shape index (κ3) is 3.23. The van der Waals surface area contributed by atoms with E-state index in [0.29, 0.717) is 11.1 Å². The zero-order valence-electron chi connectivity index (χ0n) is 14.4. The second kappa shape index (κ2) is 7.03. The summed E-state index contributed by atoms with van der Waals surface area (Å²) in [6.45, 7) is 3.98. The molecule has 0 aliphatic carbocycles. The topological polar surface area (TPSA) is 84.7 Å². The molecule has 3 aromatic rings. The molecule has 26 heavy (non-hydrogen) atoms. The van der Waals surface area contributed by atoms with Gasteiger partial charge in [0.1, 0.15) is 0 Å². The predicted octanol–water partition coefficient (Wildman–Crippen LogP) is 4.46. The first kappa shape index (κ1) is 17.1. The Labute approximate surface area is 150 Å². The molecular formula is C20H16N4O2. The first-order valence-electron chi connectivity index (χ1n) is 7.97. The van der Waals surface area contributed by atoms with Crippen LogP contribution in [-0.4, -0.2) is 14.5 Å². The molecule has 2 heterocycles. The second-order valence-electron chi connectivity index (χ2n) is 5.85. The average Bonchev–Trinajstić information content (AvgIpc) is 2.93. The van der Waals surface area contributed by atoms with Crippen LogP contribution in [0.4, 0.5) is 5.69 Å². The maximum Gasteiger partial charge on any atom is 0.269 e. The van der Waals surface area contributed by atoms with Gasteiger partial charge in [-0.05, 0) is 61.4 Å². The molecule has 0 aliphatic rings. The van der Waals surface area contributed by atoms with Crippen LogP contribution in [0.5, 0.6) is 0 Å². The van der Waals surface area contributed by atoms with Gasteiger partial charge in [-0.1, -0.05) is 0 Å². The number of aryl methyl sites for hydroxylation is 1. The molecule has 0 unspecified atom stereocenters. The van der Waals surface area contributed by atoms with Crippen LogP contribution >= 0.6 is 0 Å². The monoisotopic (exact) mass is 344 g/mol. The highest BCUT2D eigenvalue weighted by molar-refractivity contribution is 5.90. The summed E-state index contributed by atoms with van der Waals surface area (Å²) in [6.07, 6.45) is 5.31. The number of non-ortho nitro benzene ring substituents is 1. The lowest BCUT2D eigenvalue weighted by molar-refractivity contribution is -0.384. The fourth-order valence-electron chi connectivity index (χ4n) is 2.92. The van der Waals surface area contributed by atoms with Crippen molar-refractivity contribution in [1.29, 1.82) is 5.26 Å². The molecule has 3 rings (SSSR count). The molecule has 0 amide bonds. The second-order valence-corrected chi connectivity index (χ2v) is 5.85. The van der Waals surface area contributed by atoms with Crippen molar-refractivity contribution < 1.29 is 4.92 Å². The molecule has 0 atom stereocenters. The van der Waals surface area contributed by atoms with Crippen LogP contribution in [-0.2, 0) is 0 Å². The molecule has 0 saturated heterocycles. The lowest BCUT2D eigenvalue weighted by Crippen LogP contribution is -1.99. The Hall–Kier alpha value is -3.72. The highest BCUT2D eigenvalue weighted by Gasteiger charge is 2.12. The standard InChI is InChI=1S/C20H16N4O2/c1-14-10-17(15(2)23(14)20-4-3-9-22-13-20)11-18(12-21)16-5-7-19(8-6-16)24(25)26/h3-11,13H,1-2H3. The SMILES string of the molecule is Cc1cc(C=C(C#N)c2ccc([N+](=O)[O-])cc2)c(C)n1-c1cccnc1. The van der Waals surface area contributed by atoms with E-state index < -0.39 is 4.92 Å². The summed E-state index contributed by atoms with van der Waals surface area (Å²) in [5.41, 5.74) is 4.99. The number of hydrogen-bond acceptors (Lipinski definition) is 4. The van der Waals surface area contributed by atoms with Crippen LogP contribution < -0.4 is 0 Å². The van der Waals surface area contributed by atoms with Crippen molar-refractivity contribution in [2.75, 3.05) is 0 Å². The molecule has 1 aromatic carbocycles. The third-order valence-corrected chi connectivity index (χ3v) is 4.18. The van der Waals surface area contributed by atoms with Gasteiger partial charge < -0.3 is 4.57 Å². The van der Waals surface area contributed by atoms with Crippen LogP contribution in [0.25, 0.3) is 17.3 Å². The Morgan fingerprint density at radius 2 is 2.00 bits per heavy atom. The number of nitriles is 1. The van der Waals surface area contributed by atoms with Gasteiger partial charge in [0.15, 0.2) is 0 Å². The Bertz CT molecular complexity index is 1030. The quantitative estimate of drug-likeness (QED) is 0.397. The Morgan fingerprint density at radius 1 is 1.27 bits per heavy atom. The molecule has 0 saturated carbocycles. The fourth-order valence-corrected chi connectivity index (χ4v) is 2.92. The number of aromatic nitrogens is 2. The number of nitro benzene ring substituents is 1. The van der Waals surface area contributed by atoms with Gasteiger partial charge in [0.05, 0.1) is 28.4 Å². The lowest BCUT2D eigenvalue weighted by Gasteiger charge is -2.08. The minimum absolute atomic E-state index is 0.000736. The minimum atomic E-state index is -0.457. The summed E-state index contributed by atoms with van der Waals surface area (Å²) in [7, 11) is 0. The number of nitro groups is 1. The van der Waals surface area contributed by atoms with Gasteiger partial charge in [-0.2, -0.15) is 5.26 Å². The molecular weight excluding hydrogens is 328 g/mol. The summed E-state index contributed by atoms with van der Waals surface area (Å²) in [5.74, 6) is 0. The van der Waals surface area contributed by atoms with E-state index in [1.165, 1.54) is 12.1 Å². The van der Waals surface area contributed by atoms with Crippen molar-refractivity contribution in [3.8, 4) is 11.8 Å². The fraction of sp³-hybridized carbons (Fsp3) is 0.100. The Morgan fingerprint density at radius 3 is 2.58 bits per heavy atom. The molecule has 0 spiro atoms. The van der Waals surface area contributed by atoms with Crippen LogP contribution in [0.2, 0.25) is 0 Å². The van der Waals surface area contributed by atoms with E-state index in [4.69, 9.17) is 0 Å². The van der Waals surface area contributed by atoms with Crippen LogP contribution in [0.1, 0.15) is 22.5 Å². The molecule has 0 bridgehead atoms. The van der Waals surface area contributed by atoms with E-state index in [9.17, 15) is 15.4 Å². The predicted molar refractivity (Wildman–Crippen MR) is 99.6 cm³/mol. The normalized spacial score (nSPS) is 11.2. The van der Waals surface area contributed by atoms with Crippen molar-refractivity contribution >= 4 is 17.3 Å². The molecule has 128 valence electrons. The van der Waals surface area contributed by atoms with E-state index in [1.54, 1.807) is 30.6 Å². The van der Waals surface area contributed by atoms with Crippen molar-refractivity contribution in [3.05, 3.63) is 87.5 Å². The minimum Gasteiger partial charge on any atom is -0.316 e. The maximum atomic E-state index is 10.8. The number of allylic oxidation sites excluding steroid dienone is 1. The third-order valence-electron chi connectivity index (χ3n) is 4.18. The molecule has 0 aliphatic heterocycles. The van der Waals surface area contributed by atoms with Crippen LogP contribution in [0.3, 0.4) is 0 Å². The van der Waals surface area contributed by atoms with Crippen molar-refractivity contribution in [2.45, 2.75) is 13.8 Å². The highest BCUT2D eigenvalue weighted by atomic mass is 16.6. The Kier molecular flexibility index (Phi) is 4.63. The molecule has 0 fully saturated rings. The number of pyridine rings is 1. The van der Waals surface area contributed by atoms with Crippen molar-refractivity contribution in [3.63, 3.8) is 0 Å². The first-order chi connectivity index (χ1) is 12.5.